The molecule has 0 bridgehead atoms. The number of carbonyl (C=O) groups excluding carboxylic acids is 2. The first-order valence-corrected chi connectivity index (χ1v) is 9.33. The van der Waals surface area contributed by atoms with Crippen LogP contribution in [0.25, 0.3) is 5.69 Å². The Morgan fingerprint density at radius 1 is 1.03 bits per heavy atom. The Hall–Kier alpha value is -3.65. The lowest BCUT2D eigenvalue weighted by molar-refractivity contribution is -0.116. The maximum atomic E-state index is 13.1. The van der Waals surface area contributed by atoms with E-state index in [1.54, 1.807) is 30.3 Å². The van der Waals surface area contributed by atoms with E-state index in [1.807, 2.05) is 0 Å². The van der Waals surface area contributed by atoms with Crippen LogP contribution < -0.4 is 16.6 Å². The van der Waals surface area contributed by atoms with Gasteiger partial charge in [0.15, 0.2) is 5.56 Å². The zero-order valence-corrected chi connectivity index (χ0v) is 16.7. The van der Waals surface area contributed by atoms with E-state index in [4.69, 9.17) is 11.6 Å². The monoisotopic (exact) mass is 427 g/mol. The first kappa shape index (κ1) is 21.1. The fourth-order valence-corrected chi connectivity index (χ4v) is 2.98. The van der Waals surface area contributed by atoms with Gasteiger partial charge in [-0.05, 0) is 36.8 Å². The maximum absolute atomic E-state index is 13.1. The lowest BCUT2D eigenvalue weighted by atomic mass is 10.2. The van der Waals surface area contributed by atoms with Crippen molar-refractivity contribution in [1.29, 1.82) is 0 Å². The molecule has 0 fully saturated rings. The Kier molecular flexibility index (Phi) is 6.17. The number of hydrogen-bond donors (Lipinski definition) is 2. The highest BCUT2D eigenvalue weighted by Crippen LogP contribution is 2.16. The molecule has 0 radical (unpaired) electrons. The molecule has 1 aromatic heterocycles. The van der Waals surface area contributed by atoms with E-state index >= 15 is 0 Å². The summed E-state index contributed by atoms with van der Waals surface area (Å²) in [7, 11) is 0. The van der Waals surface area contributed by atoms with Gasteiger partial charge in [0.05, 0.1) is 18.8 Å². The van der Waals surface area contributed by atoms with Crippen LogP contribution in [0.2, 0.25) is 5.02 Å². The van der Waals surface area contributed by atoms with Gasteiger partial charge in [-0.15, -0.1) is 0 Å². The number of rotatable bonds is 6. The van der Waals surface area contributed by atoms with Crippen LogP contribution in [0.1, 0.15) is 22.8 Å². The van der Waals surface area contributed by atoms with E-state index in [0.29, 0.717) is 10.6 Å². The molecule has 154 valence electrons. The second-order valence-corrected chi connectivity index (χ2v) is 6.99. The van der Waals surface area contributed by atoms with Crippen LogP contribution in [0, 0.1) is 0 Å². The van der Waals surface area contributed by atoms with Crippen molar-refractivity contribution >= 4 is 23.3 Å². The molecule has 0 aliphatic heterocycles. The first-order valence-electron chi connectivity index (χ1n) is 8.96. The minimum atomic E-state index is -1.01. The Labute approximate surface area is 176 Å². The van der Waals surface area contributed by atoms with Crippen molar-refractivity contribution < 1.29 is 14.7 Å². The number of aromatic hydroxyl groups is 1. The Balaban J connectivity index is 2.24. The van der Waals surface area contributed by atoms with Gasteiger partial charge < -0.3 is 10.4 Å². The zero-order chi connectivity index (χ0) is 21.8. The van der Waals surface area contributed by atoms with Gasteiger partial charge in [0.1, 0.15) is 5.78 Å². The van der Waals surface area contributed by atoms with Gasteiger partial charge in [-0.3, -0.25) is 19.0 Å². The quantitative estimate of drug-likeness (QED) is 0.622. The summed E-state index contributed by atoms with van der Waals surface area (Å²) in [5.41, 5.74) is -1.62. The van der Waals surface area contributed by atoms with Gasteiger partial charge in [0, 0.05) is 5.02 Å². The summed E-state index contributed by atoms with van der Waals surface area (Å²) in [5.74, 6) is -2.07. The van der Waals surface area contributed by atoms with Crippen molar-refractivity contribution in [3.8, 4) is 11.6 Å². The van der Waals surface area contributed by atoms with Crippen molar-refractivity contribution in [3.63, 3.8) is 0 Å². The lowest BCUT2D eigenvalue weighted by Crippen LogP contribution is -2.44. The average molecular weight is 428 g/mol. The lowest BCUT2D eigenvalue weighted by Gasteiger charge is -2.16. The summed E-state index contributed by atoms with van der Waals surface area (Å²) >= 11 is 5.89. The number of amides is 1. The molecule has 0 unspecified atom stereocenters. The van der Waals surface area contributed by atoms with Crippen molar-refractivity contribution in [2.45, 2.75) is 13.5 Å². The van der Waals surface area contributed by atoms with E-state index < -0.39 is 28.6 Å². The molecule has 2 aromatic carbocycles. The fourth-order valence-electron chi connectivity index (χ4n) is 2.86. The average Bonchev–Trinajstić information content (AvgIpc) is 2.72. The number of carbonyl (C=O) groups is 2. The van der Waals surface area contributed by atoms with Crippen LogP contribution in [-0.2, 0) is 11.3 Å². The largest absolute Gasteiger partial charge is 0.494 e. The van der Waals surface area contributed by atoms with E-state index in [0.717, 1.165) is 9.13 Å². The molecule has 0 atom stereocenters. The molecule has 0 aliphatic carbocycles. The molecule has 2 N–H and O–H groups in total. The van der Waals surface area contributed by atoms with Crippen molar-refractivity contribution in [3.05, 3.63) is 91.6 Å². The summed E-state index contributed by atoms with van der Waals surface area (Å²) < 4.78 is 1.70. The van der Waals surface area contributed by atoms with Crippen molar-refractivity contribution in [1.82, 2.24) is 14.5 Å². The predicted molar refractivity (Wildman–Crippen MR) is 112 cm³/mol. The maximum Gasteiger partial charge on any atom is 0.338 e. The van der Waals surface area contributed by atoms with E-state index in [-0.39, 0.29) is 24.6 Å². The molecule has 8 nitrogen and oxygen atoms in total. The van der Waals surface area contributed by atoms with Gasteiger partial charge in [-0.25, -0.2) is 9.36 Å². The predicted octanol–water partition coefficient (Wildman–Crippen LogP) is 1.73. The smallest absolute Gasteiger partial charge is 0.338 e. The molecule has 30 heavy (non-hydrogen) atoms. The van der Waals surface area contributed by atoms with Gasteiger partial charge in [-0.2, -0.15) is 0 Å². The summed E-state index contributed by atoms with van der Waals surface area (Å²) in [6.07, 6.45) is 0. The molecule has 0 saturated carbocycles. The summed E-state index contributed by atoms with van der Waals surface area (Å²) in [6, 6.07) is 14.7. The molecule has 0 saturated heterocycles. The van der Waals surface area contributed by atoms with E-state index in [9.17, 15) is 24.3 Å². The second kappa shape index (κ2) is 8.79. The third kappa shape index (κ3) is 4.33. The number of nitrogens with one attached hydrogen (secondary N) is 1. The topological polar surface area (TPSA) is 110 Å². The first-order chi connectivity index (χ1) is 14.3. The number of halogens is 1. The molecular formula is C21H18ClN3O5. The van der Waals surface area contributed by atoms with E-state index in [2.05, 4.69) is 5.32 Å². The highest BCUT2D eigenvalue weighted by atomic mass is 35.5. The number of hydrogen-bond acceptors (Lipinski definition) is 5. The zero-order valence-electron chi connectivity index (χ0n) is 16.0. The third-order valence-electron chi connectivity index (χ3n) is 4.31. The highest BCUT2D eigenvalue weighted by molar-refractivity contribution is 6.30. The molecular weight excluding hydrogens is 410 g/mol. The standard InChI is InChI=1S/C21H18ClN3O5/c1-13(26)11-23-18(27)17-19(28)24(12-14-5-3-2-4-6-14)21(30)25(20(17)29)16-9-7-15(22)8-10-16/h2-10,28H,11-12H2,1H3,(H,23,27). The Bertz CT molecular complexity index is 1210. The van der Waals surface area contributed by atoms with Crippen LogP contribution in [0.5, 0.6) is 5.88 Å². The van der Waals surface area contributed by atoms with Crippen LogP contribution in [0.4, 0.5) is 0 Å². The minimum absolute atomic E-state index is 0.0770. The number of ketones is 1. The highest BCUT2D eigenvalue weighted by Gasteiger charge is 2.25. The van der Waals surface area contributed by atoms with Crippen LogP contribution in [0.15, 0.2) is 64.2 Å². The van der Waals surface area contributed by atoms with Crippen molar-refractivity contribution in [2.24, 2.45) is 0 Å². The molecule has 3 aromatic rings. The molecule has 1 heterocycles. The summed E-state index contributed by atoms with van der Waals surface area (Å²) in [4.78, 5) is 49.9. The Morgan fingerprint density at radius 2 is 1.67 bits per heavy atom. The van der Waals surface area contributed by atoms with E-state index in [1.165, 1.54) is 31.2 Å². The molecule has 0 aliphatic rings. The third-order valence-corrected chi connectivity index (χ3v) is 4.56. The van der Waals surface area contributed by atoms with Gasteiger partial charge in [-0.1, -0.05) is 41.9 Å². The molecule has 3 rings (SSSR count). The van der Waals surface area contributed by atoms with Crippen LogP contribution in [-0.4, -0.2) is 32.5 Å². The SMILES string of the molecule is CC(=O)CNC(=O)c1c(O)n(Cc2ccccc2)c(=O)n(-c2ccc(Cl)cc2)c1=O. The fraction of sp³-hybridized carbons (Fsp3) is 0.143. The Morgan fingerprint density at radius 3 is 2.27 bits per heavy atom. The van der Waals surface area contributed by atoms with Crippen LogP contribution >= 0.6 is 11.6 Å². The number of Topliss-reactive ketones (excluding diaryl/α,β-unsaturated/α-hetero) is 1. The number of nitrogens with zero attached hydrogens (tertiary/aromatic N) is 2. The molecule has 1 amide bonds. The molecule has 9 heteroatoms. The summed E-state index contributed by atoms with van der Waals surface area (Å²) in [6.45, 7) is 0.866. The van der Waals surface area contributed by atoms with Gasteiger partial charge in [0.2, 0.25) is 5.88 Å². The normalized spacial score (nSPS) is 10.6. The van der Waals surface area contributed by atoms with Gasteiger partial charge in [0.25, 0.3) is 11.5 Å². The molecule has 0 spiro atoms. The summed E-state index contributed by atoms with van der Waals surface area (Å²) in [5, 5.41) is 13.3. The van der Waals surface area contributed by atoms with Crippen LogP contribution in [0.3, 0.4) is 0 Å². The second-order valence-electron chi connectivity index (χ2n) is 6.55. The van der Waals surface area contributed by atoms with Gasteiger partial charge >= 0.3 is 5.69 Å². The number of benzene rings is 2. The minimum Gasteiger partial charge on any atom is -0.494 e. The van der Waals surface area contributed by atoms with Crippen molar-refractivity contribution in [2.75, 3.05) is 6.54 Å². The number of aromatic nitrogens is 2.